The van der Waals surface area contributed by atoms with Crippen LogP contribution < -0.4 is 5.32 Å². The van der Waals surface area contributed by atoms with E-state index in [-0.39, 0.29) is 30.4 Å². The van der Waals surface area contributed by atoms with Crippen LogP contribution in [-0.4, -0.2) is 58.3 Å². The molecule has 0 spiro atoms. The fraction of sp³-hybridized carbons (Fsp3) is 0.211. The molecule has 12 nitrogen and oxygen atoms in total. The van der Waals surface area contributed by atoms with Crippen molar-refractivity contribution in [2.75, 3.05) is 11.9 Å². The van der Waals surface area contributed by atoms with Crippen molar-refractivity contribution in [3.8, 4) is 11.4 Å². The van der Waals surface area contributed by atoms with E-state index in [1.807, 2.05) is 30.3 Å². The summed E-state index contributed by atoms with van der Waals surface area (Å²) in [6, 6.07) is 11.0. The Morgan fingerprint density at radius 2 is 1.94 bits per heavy atom. The van der Waals surface area contributed by atoms with Gasteiger partial charge in [-0.25, -0.2) is 9.48 Å². The summed E-state index contributed by atoms with van der Waals surface area (Å²) in [7, 11) is 1.61. The van der Waals surface area contributed by atoms with Gasteiger partial charge in [0, 0.05) is 18.8 Å². The first-order valence-electron chi connectivity index (χ1n) is 9.42. The molecule has 31 heavy (non-hydrogen) atoms. The van der Waals surface area contributed by atoms with Crippen LogP contribution in [0.25, 0.3) is 11.4 Å². The maximum atomic E-state index is 12.6. The summed E-state index contributed by atoms with van der Waals surface area (Å²) < 4.78 is 7.87. The van der Waals surface area contributed by atoms with E-state index < -0.39 is 11.9 Å². The minimum Gasteiger partial charge on any atom is -0.462 e. The number of carbonyl (C=O) groups excluding carboxylic acids is 2. The summed E-state index contributed by atoms with van der Waals surface area (Å²) in [5, 5.41) is 23.3. The predicted molar refractivity (Wildman–Crippen MR) is 108 cm³/mol. The average molecular weight is 421 g/mol. The van der Waals surface area contributed by atoms with Crippen molar-refractivity contribution in [2.24, 2.45) is 7.05 Å². The Morgan fingerprint density at radius 1 is 1.13 bits per heavy atom. The lowest BCUT2D eigenvalue weighted by atomic mass is 10.2. The second-order valence-electron chi connectivity index (χ2n) is 6.44. The lowest BCUT2D eigenvalue weighted by Crippen LogP contribution is -2.19. The molecule has 0 bridgehead atoms. The molecular weight excluding hydrogens is 402 g/mol. The molecule has 0 atom stereocenters. The van der Waals surface area contributed by atoms with Gasteiger partial charge in [-0.15, -0.1) is 15.0 Å². The maximum Gasteiger partial charge on any atom is 0.343 e. The lowest BCUT2D eigenvalue weighted by Gasteiger charge is -2.07. The Kier molecular flexibility index (Phi) is 5.51. The summed E-state index contributed by atoms with van der Waals surface area (Å²) in [4.78, 5) is 26.0. The molecule has 4 aromatic rings. The molecule has 4 rings (SSSR count). The molecule has 1 amide bonds. The molecule has 0 saturated carbocycles. The number of hydrogen-bond donors (Lipinski definition) is 1. The average Bonchev–Trinajstić information content (AvgIpc) is 3.51. The standard InChI is InChI=1S/C19H19N9O3/c1-3-31-19(30)14-11-20-26(2)17(14)21-18(29)15-9-10-27(23-15)12-28-24-16(22-25-28)13-7-5-4-6-8-13/h4-11H,3,12H2,1-2H3,(H,21,29). The Labute approximate surface area is 176 Å². The molecule has 0 radical (unpaired) electrons. The third-order valence-corrected chi connectivity index (χ3v) is 4.30. The molecule has 0 aliphatic rings. The topological polar surface area (TPSA) is 135 Å². The number of esters is 1. The maximum absolute atomic E-state index is 12.6. The van der Waals surface area contributed by atoms with Gasteiger partial charge in [-0.1, -0.05) is 30.3 Å². The number of benzene rings is 1. The Balaban J connectivity index is 1.45. The van der Waals surface area contributed by atoms with Gasteiger partial charge in [-0.2, -0.15) is 10.2 Å². The highest BCUT2D eigenvalue weighted by Crippen LogP contribution is 2.16. The SMILES string of the molecule is CCOC(=O)c1cnn(C)c1NC(=O)c1ccn(Cn2nnc(-c3ccccc3)n2)n1. The summed E-state index contributed by atoms with van der Waals surface area (Å²) in [5.41, 5.74) is 1.17. The smallest absolute Gasteiger partial charge is 0.343 e. The van der Waals surface area contributed by atoms with E-state index in [0.29, 0.717) is 5.82 Å². The van der Waals surface area contributed by atoms with Gasteiger partial charge in [0.1, 0.15) is 11.4 Å². The number of carbonyl (C=O) groups is 2. The van der Waals surface area contributed by atoms with Gasteiger partial charge >= 0.3 is 5.97 Å². The van der Waals surface area contributed by atoms with E-state index >= 15 is 0 Å². The first-order valence-corrected chi connectivity index (χ1v) is 9.42. The van der Waals surface area contributed by atoms with Gasteiger partial charge < -0.3 is 10.1 Å². The van der Waals surface area contributed by atoms with Crippen LogP contribution in [0, 0.1) is 0 Å². The zero-order valence-electron chi connectivity index (χ0n) is 16.8. The van der Waals surface area contributed by atoms with Gasteiger partial charge in [0.05, 0.1) is 12.8 Å². The van der Waals surface area contributed by atoms with E-state index in [1.165, 1.54) is 20.4 Å². The second-order valence-corrected chi connectivity index (χ2v) is 6.44. The van der Waals surface area contributed by atoms with Crippen molar-refractivity contribution in [2.45, 2.75) is 13.6 Å². The fourth-order valence-corrected chi connectivity index (χ4v) is 2.81. The Bertz CT molecular complexity index is 1210. The fourth-order valence-electron chi connectivity index (χ4n) is 2.81. The molecule has 0 aliphatic heterocycles. The van der Waals surface area contributed by atoms with E-state index in [9.17, 15) is 9.59 Å². The molecule has 0 fully saturated rings. The number of amides is 1. The third kappa shape index (κ3) is 4.32. The number of anilines is 1. The van der Waals surface area contributed by atoms with E-state index in [2.05, 4.69) is 30.9 Å². The van der Waals surface area contributed by atoms with Crippen LogP contribution in [0.4, 0.5) is 5.82 Å². The van der Waals surface area contributed by atoms with Crippen LogP contribution in [0.3, 0.4) is 0 Å². The lowest BCUT2D eigenvalue weighted by molar-refractivity contribution is 0.0527. The summed E-state index contributed by atoms with van der Waals surface area (Å²) in [5.74, 6) is -0.343. The molecule has 1 N–H and O–H groups in total. The summed E-state index contributed by atoms with van der Waals surface area (Å²) in [6.07, 6.45) is 2.96. The van der Waals surface area contributed by atoms with Gasteiger partial charge in [0.25, 0.3) is 5.91 Å². The minimum absolute atomic E-state index is 0.152. The van der Waals surface area contributed by atoms with Gasteiger partial charge in [0.2, 0.25) is 5.82 Å². The van der Waals surface area contributed by atoms with Crippen LogP contribution in [0.15, 0.2) is 48.8 Å². The number of rotatable bonds is 7. The zero-order valence-corrected chi connectivity index (χ0v) is 16.8. The molecule has 3 aromatic heterocycles. The van der Waals surface area contributed by atoms with E-state index in [1.54, 1.807) is 26.2 Å². The number of nitrogens with one attached hydrogen (secondary N) is 1. The van der Waals surface area contributed by atoms with Crippen molar-refractivity contribution in [1.29, 1.82) is 0 Å². The first-order chi connectivity index (χ1) is 15.0. The monoisotopic (exact) mass is 421 g/mol. The third-order valence-electron chi connectivity index (χ3n) is 4.30. The number of ether oxygens (including phenoxy) is 1. The number of aryl methyl sites for hydroxylation is 1. The van der Waals surface area contributed by atoms with Crippen LogP contribution >= 0.6 is 0 Å². The molecule has 0 unspecified atom stereocenters. The molecule has 0 aliphatic carbocycles. The van der Waals surface area contributed by atoms with Gasteiger partial charge in [-0.05, 0) is 18.2 Å². The van der Waals surface area contributed by atoms with Crippen LogP contribution in [0.2, 0.25) is 0 Å². The highest BCUT2D eigenvalue weighted by atomic mass is 16.5. The second kappa shape index (κ2) is 8.57. The molecule has 12 heteroatoms. The Hall–Kier alpha value is -4.35. The number of aromatic nitrogens is 8. The molecule has 158 valence electrons. The Morgan fingerprint density at radius 3 is 2.71 bits per heavy atom. The predicted octanol–water partition coefficient (Wildman–Crippen LogP) is 1.20. The van der Waals surface area contributed by atoms with Crippen molar-refractivity contribution >= 4 is 17.7 Å². The summed E-state index contributed by atoms with van der Waals surface area (Å²) >= 11 is 0. The van der Waals surface area contributed by atoms with Gasteiger partial charge in [-0.3, -0.25) is 9.48 Å². The first kappa shape index (κ1) is 19.9. The van der Waals surface area contributed by atoms with Crippen molar-refractivity contribution in [3.05, 3.63) is 60.0 Å². The highest BCUT2D eigenvalue weighted by Gasteiger charge is 2.21. The molecule has 3 heterocycles. The minimum atomic E-state index is -0.567. The molecule has 0 saturated heterocycles. The molecular formula is C19H19N9O3. The zero-order chi connectivity index (χ0) is 21.8. The van der Waals surface area contributed by atoms with Crippen molar-refractivity contribution in [1.82, 2.24) is 39.8 Å². The number of nitrogens with zero attached hydrogens (tertiary/aromatic N) is 8. The van der Waals surface area contributed by atoms with Crippen LogP contribution in [0.5, 0.6) is 0 Å². The largest absolute Gasteiger partial charge is 0.462 e. The van der Waals surface area contributed by atoms with Crippen molar-refractivity contribution in [3.63, 3.8) is 0 Å². The van der Waals surface area contributed by atoms with E-state index in [4.69, 9.17) is 4.74 Å². The van der Waals surface area contributed by atoms with Crippen molar-refractivity contribution < 1.29 is 14.3 Å². The van der Waals surface area contributed by atoms with Gasteiger partial charge in [0.15, 0.2) is 12.4 Å². The summed E-state index contributed by atoms with van der Waals surface area (Å²) in [6.45, 7) is 2.09. The van der Waals surface area contributed by atoms with E-state index in [0.717, 1.165) is 5.56 Å². The number of tetrazole rings is 1. The van der Waals surface area contributed by atoms with Crippen LogP contribution in [0.1, 0.15) is 27.8 Å². The number of hydrogen-bond acceptors (Lipinski definition) is 8. The normalized spacial score (nSPS) is 10.8. The van der Waals surface area contributed by atoms with Crippen LogP contribution in [-0.2, 0) is 18.5 Å². The highest BCUT2D eigenvalue weighted by molar-refractivity contribution is 6.06. The quantitative estimate of drug-likeness (QED) is 0.440. The molecule has 1 aromatic carbocycles.